The summed E-state index contributed by atoms with van der Waals surface area (Å²) < 4.78 is 14.1. The Morgan fingerprint density at radius 3 is 2.41 bits per heavy atom. The molecule has 2 aromatic rings. The van der Waals surface area contributed by atoms with E-state index in [1.165, 1.54) is 6.07 Å². The molecule has 0 fully saturated rings. The summed E-state index contributed by atoms with van der Waals surface area (Å²) in [5, 5.41) is 8.97. The quantitative estimate of drug-likeness (QED) is 0.660. The molecule has 0 saturated carbocycles. The van der Waals surface area contributed by atoms with Crippen molar-refractivity contribution in [1.29, 1.82) is 0 Å². The molecule has 0 bridgehead atoms. The van der Waals surface area contributed by atoms with Crippen LogP contribution in [-0.2, 0) is 4.79 Å². The molecule has 0 aromatic heterocycles. The average Bonchev–Trinajstić information content (AvgIpc) is 2.43. The summed E-state index contributed by atoms with van der Waals surface area (Å²) in [5.41, 5.74) is 10.1. The molecular formula is C18H18FNO2. The van der Waals surface area contributed by atoms with Crippen LogP contribution in [0.5, 0.6) is 0 Å². The minimum Gasteiger partial charge on any atom is -0.478 e. The maximum Gasteiger partial charge on any atom is 0.331 e. The molecule has 0 spiro atoms. The molecule has 0 aliphatic rings. The molecule has 2 rings (SSSR count). The number of nitrogen functional groups attached to an aromatic ring is 1. The van der Waals surface area contributed by atoms with Gasteiger partial charge in [0, 0.05) is 16.8 Å². The third kappa shape index (κ3) is 3.17. The predicted octanol–water partition coefficient (Wildman–Crippen LogP) is 4.18. The molecule has 114 valence electrons. The highest BCUT2D eigenvalue weighted by atomic mass is 19.1. The fourth-order valence-electron chi connectivity index (χ4n) is 2.33. The van der Waals surface area contributed by atoms with Crippen LogP contribution >= 0.6 is 0 Å². The highest BCUT2D eigenvalue weighted by molar-refractivity contribution is 5.92. The summed E-state index contributed by atoms with van der Waals surface area (Å²) in [6, 6.07) is 8.35. The molecule has 0 atom stereocenters. The fraction of sp³-hybridized carbons (Fsp3) is 0.167. The smallest absolute Gasteiger partial charge is 0.331 e. The van der Waals surface area contributed by atoms with E-state index in [2.05, 4.69) is 0 Å². The lowest BCUT2D eigenvalue weighted by Crippen LogP contribution is -1.97. The topological polar surface area (TPSA) is 63.3 Å². The molecule has 22 heavy (non-hydrogen) atoms. The van der Waals surface area contributed by atoms with Crippen LogP contribution < -0.4 is 5.73 Å². The lowest BCUT2D eigenvalue weighted by molar-refractivity contribution is -0.132. The summed E-state index contributed by atoms with van der Waals surface area (Å²) in [6.07, 6.45) is 1.62. The molecule has 0 unspecified atom stereocenters. The number of nitrogens with two attached hydrogens (primary N) is 1. The van der Waals surface area contributed by atoms with Gasteiger partial charge in [-0.25, -0.2) is 9.18 Å². The van der Waals surface area contributed by atoms with E-state index >= 15 is 0 Å². The summed E-state index contributed by atoms with van der Waals surface area (Å²) in [6.45, 7) is 5.29. The standard InChI is InChI=1S/C18H18FNO2/c1-10-8-16(15-5-4-14(20)9-17(15)19)11(2)6-13(10)7-12(3)18(21)22/h4-9H,20H2,1-3H3,(H,21,22)/b12-7+. The van der Waals surface area contributed by atoms with E-state index in [0.29, 0.717) is 11.3 Å². The first-order valence-electron chi connectivity index (χ1n) is 6.88. The van der Waals surface area contributed by atoms with Crippen molar-refractivity contribution in [3.8, 4) is 11.1 Å². The molecule has 3 N–H and O–H groups in total. The molecule has 4 heteroatoms. The van der Waals surface area contributed by atoms with E-state index in [-0.39, 0.29) is 11.4 Å². The first-order chi connectivity index (χ1) is 10.3. The Morgan fingerprint density at radius 2 is 1.82 bits per heavy atom. The maximum atomic E-state index is 14.1. The van der Waals surface area contributed by atoms with E-state index in [4.69, 9.17) is 10.8 Å². The third-order valence-electron chi connectivity index (χ3n) is 3.61. The number of halogens is 1. The van der Waals surface area contributed by atoms with Gasteiger partial charge in [-0.05, 0) is 67.3 Å². The number of benzene rings is 2. The lowest BCUT2D eigenvalue weighted by atomic mass is 9.94. The Bertz CT molecular complexity index is 779. The van der Waals surface area contributed by atoms with Crippen LogP contribution in [0.1, 0.15) is 23.6 Å². The Balaban J connectivity index is 2.55. The minimum atomic E-state index is -0.953. The Morgan fingerprint density at radius 1 is 1.14 bits per heavy atom. The first-order valence-corrected chi connectivity index (χ1v) is 6.88. The number of aliphatic carboxylic acids is 1. The highest BCUT2D eigenvalue weighted by Gasteiger charge is 2.11. The van der Waals surface area contributed by atoms with E-state index in [0.717, 1.165) is 22.3 Å². The minimum absolute atomic E-state index is 0.258. The van der Waals surface area contributed by atoms with Crippen molar-refractivity contribution in [3.63, 3.8) is 0 Å². The lowest BCUT2D eigenvalue weighted by Gasteiger charge is -2.12. The SMILES string of the molecule is C/C(=C\c1cc(C)c(-c2ccc(N)cc2F)cc1C)C(=O)O. The Kier molecular flexibility index (Phi) is 4.31. The van der Waals surface area contributed by atoms with E-state index < -0.39 is 5.97 Å². The summed E-state index contributed by atoms with van der Waals surface area (Å²) >= 11 is 0. The van der Waals surface area contributed by atoms with Crippen LogP contribution in [0.15, 0.2) is 35.9 Å². The first kappa shape index (κ1) is 15.8. The number of rotatable bonds is 3. The molecule has 0 aliphatic carbocycles. The van der Waals surface area contributed by atoms with Crippen molar-refractivity contribution >= 4 is 17.7 Å². The van der Waals surface area contributed by atoms with Crippen LogP contribution in [0.3, 0.4) is 0 Å². The summed E-state index contributed by atoms with van der Waals surface area (Å²) in [5.74, 6) is -1.32. The molecule has 3 nitrogen and oxygen atoms in total. The predicted molar refractivity (Wildman–Crippen MR) is 87.0 cm³/mol. The van der Waals surface area contributed by atoms with E-state index in [9.17, 15) is 9.18 Å². The number of aryl methyl sites for hydroxylation is 2. The zero-order valence-electron chi connectivity index (χ0n) is 12.8. The zero-order valence-corrected chi connectivity index (χ0v) is 12.8. The van der Waals surface area contributed by atoms with Gasteiger partial charge in [0.05, 0.1) is 0 Å². The molecule has 0 radical (unpaired) electrons. The van der Waals surface area contributed by atoms with Gasteiger partial charge in [0.25, 0.3) is 0 Å². The zero-order chi connectivity index (χ0) is 16.4. The maximum absolute atomic E-state index is 14.1. The summed E-state index contributed by atoms with van der Waals surface area (Å²) in [4.78, 5) is 10.9. The largest absolute Gasteiger partial charge is 0.478 e. The number of carboxylic acids is 1. The van der Waals surface area contributed by atoms with Gasteiger partial charge in [-0.15, -0.1) is 0 Å². The number of carboxylic acid groups (broad SMARTS) is 1. The molecule has 0 aliphatic heterocycles. The van der Waals surface area contributed by atoms with Crippen LogP contribution in [-0.4, -0.2) is 11.1 Å². The summed E-state index contributed by atoms with van der Waals surface area (Å²) in [7, 11) is 0. The normalized spacial score (nSPS) is 11.5. The van der Waals surface area contributed by atoms with Gasteiger partial charge in [0.15, 0.2) is 0 Å². The van der Waals surface area contributed by atoms with Crippen LogP contribution in [0, 0.1) is 19.7 Å². The third-order valence-corrected chi connectivity index (χ3v) is 3.61. The Hall–Kier alpha value is -2.62. The molecular weight excluding hydrogens is 281 g/mol. The van der Waals surface area contributed by atoms with Crippen molar-refractivity contribution in [2.24, 2.45) is 0 Å². The molecule has 0 amide bonds. The van der Waals surface area contributed by atoms with Crippen molar-refractivity contribution < 1.29 is 14.3 Å². The number of hydrogen-bond acceptors (Lipinski definition) is 2. The van der Waals surface area contributed by atoms with Crippen molar-refractivity contribution in [1.82, 2.24) is 0 Å². The van der Waals surface area contributed by atoms with Crippen molar-refractivity contribution in [2.45, 2.75) is 20.8 Å². The van der Waals surface area contributed by atoms with Crippen LogP contribution in [0.4, 0.5) is 10.1 Å². The second-order valence-electron chi connectivity index (χ2n) is 5.40. The van der Waals surface area contributed by atoms with E-state index in [1.807, 2.05) is 26.0 Å². The van der Waals surface area contributed by atoms with Crippen LogP contribution in [0.25, 0.3) is 17.2 Å². The Labute approximate surface area is 128 Å². The monoisotopic (exact) mass is 299 g/mol. The second kappa shape index (κ2) is 6.02. The van der Waals surface area contributed by atoms with Gasteiger partial charge in [-0.3, -0.25) is 0 Å². The van der Waals surface area contributed by atoms with E-state index in [1.54, 1.807) is 25.1 Å². The van der Waals surface area contributed by atoms with Gasteiger partial charge in [-0.2, -0.15) is 0 Å². The average molecular weight is 299 g/mol. The highest BCUT2D eigenvalue weighted by Crippen LogP contribution is 2.30. The van der Waals surface area contributed by atoms with Gasteiger partial charge in [-0.1, -0.05) is 12.1 Å². The molecule has 0 saturated heterocycles. The number of carbonyl (C=O) groups is 1. The van der Waals surface area contributed by atoms with Gasteiger partial charge < -0.3 is 10.8 Å². The number of anilines is 1. The van der Waals surface area contributed by atoms with Crippen molar-refractivity contribution in [3.05, 3.63) is 58.4 Å². The van der Waals surface area contributed by atoms with Gasteiger partial charge in [0.1, 0.15) is 5.82 Å². The van der Waals surface area contributed by atoms with Crippen molar-refractivity contribution in [2.75, 3.05) is 5.73 Å². The molecule has 2 aromatic carbocycles. The fourth-order valence-corrected chi connectivity index (χ4v) is 2.33. The molecule has 0 heterocycles. The second-order valence-corrected chi connectivity index (χ2v) is 5.40. The van der Waals surface area contributed by atoms with Crippen LogP contribution in [0.2, 0.25) is 0 Å². The van der Waals surface area contributed by atoms with Gasteiger partial charge >= 0.3 is 5.97 Å². The number of hydrogen-bond donors (Lipinski definition) is 2. The van der Waals surface area contributed by atoms with Gasteiger partial charge in [0.2, 0.25) is 0 Å².